The summed E-state index contributed by atoms with van der Waals surface area (Å²) in [6.45, 7) is -0.314. The second-order valence-corrected chi connectivity index (χ2v) is 8.86. The van der Waals surface area contributed by atoms with Gasteiger partial charge in [0.1, 0.15) is 11.5 Å². The van der Waals surface area contributed by atoms with Gasteiger partial charge in [0, 0.05) is 6.07 Å². The molecule has 5 nitrogen and oxygen atoms in total. The van der Waals surface area contributed by atoms with Gasteiger partial charge in [0.2, 0.25) is 0 Å². The minimum atomic E-state index is -0.961. The lowest BCUT2D eigenvalue weighted by Gasteiger charge is -2.25. The van der Waals surface area contributed by atoms with Crippen LogP contribution in [0.5, 0.6) is 5.75 Å². The number of carboxylic acid groups (broad SMARTS) is 1. The molecule has 1 heterocycles. The van der Waals surface area contributed by atoms with Gasteiger partial charge >= 0.3 is 5.97 Å². The van der Waals surface area contributed by atoms with Gasteiger partial charge in [-0.1, -0.05) is 78.0 Å². The van der Waals surface area contributed by atoms with Crippen molar-refractivity contribution in [3.63, 3.8) is 0 Å². The van der Waals surface area contributed by atoms with E-state index < -0.39 is 5.97 Å². The number of nitrogens with zero attached hydrogens (tertiary/aromatic N) is 1. The highest BCUT2D eigenvalue weighted by molar-refractivity contribution is 5.68. The number of benzene rings is 3. The zero-order chi connectivity index (χ0) is 23.3. The van der Waals surface area contributed by atoms with E-state index in [1.165, 1.54) is 16.7 Å². The van der Waals surface area contributed by atoms with Crippen LogP contribution in [-0.4, -0.2) is 22.8 Å². The fourth-order valence-corrected chi connectivity index (χ4v) is 4.96. The molecule has 1 unspecified atom stereocenters. The third-order valence-electron chi connectivity index (χ3n) is 6.52. The number of hydrogen-bond acceptors (Lipinski definition) is 4. The van der Waals surface area contributed by atoms with Crippen LogP contribution in [0.25, 0.3) is 0 Å². The SMILES string of the molecule is O=C(O)COc1cccc2c1CCC(Cc1cc(C(c3ccccc3)c3ccccc3)on1)C2. The van der Waals surface area contributed by atoms with E-state index in [0.29, 0.717) is 11.7 Å². The molecule has 0 amide bonds. The summed E-state index contributed by atoms with van der Waals surface area (Å²) in [5, 5.41) is 13.4. The molecule has 0 fully saturated rings. The number of ether oxygens (including phenoxy) is 1. The third kappa shape index (κ3) is 4.88. The summed E-state index contributed by atoms with van der Waals surface area (Å²) < 4.78 is 11.4. The van der Waals surface area contributed by atoms with Crippen molar-refractivity contribution in [2.24, 2.45) is 5.92 Å². The monoisotopic (exact) mass is 453 g/mol. The maximum absolute atomic E-state index is 10.9. The molecule has 1 aromatic heterocycles. The molecular weight excluding hydrogens is 426 g/mol. The van der Waals surface area contributed by atoms with E-state index in [1.54, 1.807) is 0 Å². The Hall–Kier alpha value is -3.86. The number of carboxylic acids is 1. The van der Waals surface area contributed by atoms with Crippen molar-refractivity contribution in [3.05, 3.63) is 119 Å². The first-order chi connectivity index (χ1) is 16.7. The largest absolute Gasteiger partial charge is 0.482 e. The second-order valence-electron chi connectivity index (χ2n) is 8.86. The molecule has 4 aromatic rings. The standard InChI is InChI=1S/C29H27NO4/c31-28(32)19-33-26-13-7-12-23-16-20(14-15-25(23)26)17-24-18-27(34-30-24)29(21-8-3-1-4-9-21)22-10-5-2-6-11-22/h1-13,18,20,29H,14-17,19H2,(H,31,32). The average Bonchev–Trinajstić information content (AvgIpc) is 3.31. The van der Waals surface area contributed by atoms with Crippen LogP contribution in [0, 0.1) is 5.92 Å². The van der Waals surface area contributed by atoms with Crippen molar-refractivity contribution in [2.75, 3.05) is 6.61 Å². The van der Waals surface area contributed by atoms with E-state index in [9.17, 15) is 4.79 Å². The van der Waals surface area contributed by atoms with Gasteiger partial charge in [0.15, 0.2) is 6.61 Å². The number of aliphatic carboxylic acids is 1. The minimum absolute atomic E-state index is 0.00433. The van der Waals surface area contributed by atoms with Gasteiger partial charge in [0.25, 0.3) is 0 Å². The van der Waals surface area contributed by atoms with Crippen molar-refractivity contribution in [3.8, 4) is 5.75 Å². The van der Waals surface area contributed by atoms with Crippen LogP contribution < -0.4 is 4.74 Å². The summed E-state index contributed by atoms with van der Waals surface area (Å²) in [4.78, 5) is 10.9. The lowest BCUT2D eigenvalue weighted by molar-refractivity contribution is -0.139. The Labute approximate surface area is 199 Å². The van der Waals surface area contributed by atoms with E-state index in [-0.39, 0.29) is 12.5 Å². The van der Waals surface area contributed by atoms with E-state index in [2.05, 4.69) is 65.8 Å². The van der Waals surface area contributed by atoms with Crippen molar-refractivity contribution in [2.45, 2.75) is 31.6 Å². The molecule has 0 saturated carbocycles. The van der Waals surface area contributed by atoms with E-state index >= 15 is 0 Å². The summed E-state index contributed by atoms with van der Waals surface area (Å²) in [7, 11) is 0. The number of carbonyl (C=O) groups is 1. The molecule has 0 spiro atoms. The predicted octanol–water partition coefficient (Wildman–Crippen LogP) is 5.67. The Morgan fingerprint density at radius 2 is 1.71 bits per heavy atom. The Morgan fingerprint density at radius 1 is 1.00 bits per heavy atom. The molecule has 0 saturated heterocycles. The van der Waals surface area contributed by atoms with Crippen LogP contribution in [-0.2, 0) is 24.1 Å². The average molecular weight is 454 g/mol. The van der Waals surface area contributed by atoms with Gasteiger partial charge in [-0.25, -0.2) is 4.79 Å². The highest BCUT2D eigenvalue weighted by Crippen LogP contribution is 2.35. The molecule has 1 N–H and O–H groups in total. The van der Waals surface area contributed by atoms with E-state index in [0.717, 1.165) is 42.7 Å². The van der Waals surface area contributed by atoms with Crippen LogP contribution in [0.2, 0.25) is 0 Å². The Bertz CT molecular complexity index is 1210. The van der Waals surface area contributed by atoms with E-state index in [1.807, 2.05) is 24.3 Å². The van der Waals surface area contributed by atoms with Crippen molar-refractivity contribution < 1.29 is 19.2 Å². The molecule has 0 radical (unpaired) electrons. The van der Waals surface area contributed by atoms with Gasteiger partial charge in [0.05, 0.1) is 11.6 Å². The molecule has 1 atom stereocenters. The molecule has 172 valence electrons. The number of fused-ring (bicyclic) bond motifs is 1. The smallest absolute Gasteiger partial charge is 0.341 e. The van der Waals surface area contributed by atoms with Crippen molar-refractivity contribution >= 4 is 5.97 Å². The zero-order valence-electron chi connectivity index (χ0n) is 18.9. The lowest BCUT2D eigenvalue weighted by atomic mass is 9.81. The maximum Gasteiger partial charge on any atom is 0.341 e. The Kier molecular flexibility index (Phi) is 6.43. The van der Waals surface area contributed by atoms with Gasteiger partial charge < -0.3 is 14.4 Å². The van der Waals surface area contributed by atoms with Crippen LogP contribution in [0.15, 0.2) is 89.5 Å². The summed E-state index contributed by atoms with van der Waals surface area (Å²) >= 11 is 0. The first-order valence-corrected chi connectivity index (χ1v) is 11.7. The molecule has 3 aromatic carbocycles. The second kappa shape index (κ2) is 9.96. The van der Waals surface area contributed by atoms with Crippen molar-refractivity contribution in [1.29, 1.82) is 0 Å². The zero-order valence-corrected chi connectivity index (χ0v) is 18.9. The normalized spacial score (nSPS) is 15.1. The van der Waals surface area contributed by atoms with Crippen molar-refractivity contribution in [1.82, 2.24) is 5.16 Å². The van der Waals surface area contributed by atoms with E-state index in [4.69, 9.17) is 14.4 Å². The molecule has 1 aliphatic rings. The summed E-state index contributed by atoms with van der Waals surface area (Å²) in [6, 6.07) is 28.8. The fourth-order valence-electron chi connectivity index (χ4n) is 4.96. The van der Waals surface area contributed by atoms with Gasteiger partial charge in [-0.15, -0.1) is 0 Å². The maximum atomic E-state index is 10.9. The lowest BCUT2D eigenvalue weighted by Crippen LogP contribution is -2.18. The first-order valence-electron chi connectivity index (χ1n) is 11.7. The van der Waals surface area contributed by atoms with Gasteiger partial charge in [-0.05, 0) is 59.9 Å². The summed E-state index contributed by atoms with van der Waals surface area (Å²) in [6.07, 6.45) is 3.64. The fraction of sp³-hybridized carbons (Fsp3) is 0.241. The molecule has 0 bridgehead atoms. The number of aromatic nitrogens is 1. The molecule has 0 aliphatic heterocycles. The third-order valence-corrected chi connectivity index (χ3v) is 6.52. The highest BCUT2D eigenvalue weighted by atomic mass is 16.5. The molecule has 5 rings (SSSR count). The number of hydrogen-bond donors (Lipinski definition) is 1. The minimum Gasteiger partial charge on any atom is -0.482 e. The topological polar surface area (TPSA) is 72.6 Å². The Balaban J connectivity index is 1.33. The summed E-state index contributed by atoms with van der Waals surface area (Å²) in [5.41, 5.74) is 5.69. The number of rotatable bonds is 8. The molecule has 1 aliphatic carbocycles. The summed E-state index contributed by atoms with van der Waals surface area (Å²) in [5.74, 6) is 1.04. The molecule has 5 heteroatoms. The quantitative estimate of drug-likeness (QED) is 0.372. The van der Waals surface area contributed by atoms with Crippen LogP contribution in [0.4, 0.5) is 0 Å². The van der Waals surface area contributed by atoms with Crippen LogP contribution in [0.3, 0.4) is 0 Å². The van der Waals surface area contributed by atoms with Gasteiger partial charge in [-0.3, -0.25) is 0 Å². The molecular formula is C29H27NO4. The first kappa shape index (κ1) is 22.0. The predicted molar refractivity (Wildman–Crippen MR) is 129 cm³/mol. The highest BCUT2D eigenvalue weighted by Gasteiger charge is 2.25. The molecule has 34 heavy (non-hydrogen) atoms. The Morgan fingerprint density at radius 3 is 2.38 bits per heavy atom. The van der Waals surface area contributed by atoms with Crippen LogP contribution >= 0.6 is 0 Å². The van der Waals surface area contributed by atoms with Gasteiger partial charge in [-0.2, -0.15) is 0 Å². The van der Waals surface area contributed by atoms with Crippen LogP contribution in [0.1, 0.15) is 46.0 Å².